The summed E-state index contributed by atoms with van der Waals surface area (Å²) in [6, 6.07) is 0. The van der Waals surface area contributed by atoms with E-state index < -0.39 is 20.9 Å². The van der Waals surface area contributed by atoms with Crippen LogP contribution in [0.3, 0.4) is 0 Å². The van der Waals surface area contributed by atoms with Gasteiger partial charge in [-0.15, -0.1) is 0 Å². The minimum Gasteiger partial charge on any atom is -0.264 e. The molecule has 0 aromatic carbocycles. The molecule has 0 atom stereocenters. The Morgan fingerprint density at radius 2 is 0.938 bits per heavy atom. The van der Waals surface area contributed by atoms with Crippen molar-refractivity contribution in [1.82, 2.24) is 0 Å². The van der Waals surface area contributed by atoms with Gasteiger partial charge in [-0.2, -0.15) is 0 Å². The summed E-state index contributed by atoms with van der Waals surface area (Å²) in [5.74, 6) is 0. The van der Waals surface area contributed by atoms with Crippen LogP contribution in [0.4, 0.5) is 0 Å². The maximum absolute atomic E-state index is 11.3. The summed E-state index contributed by atoms with van der Waals surface area (Å²) in [7, 11) is 0. The Labute approximate surface area is 95.3 Å². The zero-order valence-electron chi connectivity index (χ0n) is 10.4. The Bertz CT molecular complexity index is 242. The van der Waals surface area contributed by atoms with Crippen molar-refractivity contribution in [2.75, 3.05) is 0 Å². The fraction of sp³-hybridized carbons (Fsp3) is 1.00. The predicted molar refractivity (Wildman–Crippen MR) is 60.6 cm³/mol. The van der Waals surface area contributed by atoms with E-state index in [0.29, 0.717) is 0 Å². The van der Waals surface area contributed by atoms with Crippen LogP contribution in [-0.2, 0) is 0 Å². The fourth-order valence-electron chi connectivity index (χ4n) is 2.67. The lowest BCUT2D eigenvalue weighted by Gasteiger charge is -2.35. The van der Waals surface area contributed by atoms with Crippen molar-refractivity contribution in [3.63, 3.8) is 0 Å². The Hall–Kier alpha value is -1.20. The standard InChI is InChI=1S/C10H20N2O4/c1-5-9(6-2,11(13)14)10(7-3,8-4)12(15)16/h5-8H2,1-4H3. The van der Waals surface area contributed by atoms with Gasteiger partial charge in [-0.3, -0.25) is 20.2 Å². The van der Waals surface area contributed by atoms with Crippen molar-refractivity contribution in [2.24, 2.45) is 0 Å². The monoisotopic (exact) mass is 232 g/mol. The normalized spacial score (nSPS) is 12.5. The maximum Gasteiger partial charge on any atom is 0.289 e. The molecule has 0 heterocycles. The second kappa shape index (κ2) is 5.23. The zero-order chi connectivity index (χ0) is 13.0. The largest absolute Gasteiger partial charge is 0.289 e. The summed E-state index contributed by atoms with van der Waals surface area (Å²) in [6.07, 6.45) is 0.719. The Morgan fingerprint density at radius 3 is 1.00 bits per heavy atom. The van der Waals surface area contributed by atoms with Gasteiger partial charge in [-0.1, -0.05) is 27.7 Å². The molecule has 0 aliphatic carbocycles. The summed E-state index contributed by atoms with van der Waals surface area (Å²) >= 11 is 0. The number of nitrogens with zero attached hydrogens (tertiary/aromatic N) is 2. The third-order valence-electron chi connectivity index (χ3n) is 3.90. The van der Waals surface area contributed by atoms with Gasteiger partial charge in [-0.05, 0) is 0 Å². The van der Waals surface area contributed by atoms with Crippen LogP contribution in [0.2, 0.25) is 0 Å². The molecular weight excluding hydrogens is 212 g/mol. The summed E-state index contributed by atoms with van der Waals surface area (Å²) in [6.45, 7) is 6.59. The molecule has 0 bridgehead atoms. The Balaban J connectivity index is 5.78. The van der Waals surface area contributed by atoms with E-state index in [1.165, 1.54) is 0 Å². The van der Waals surface area contributed by atoms with Crippen LogP contribution in [0.1, 0.15) is 53.4 Å². The predicted octanol–water partition coefficient (Wildman–Crippen LogP) is 2.66. The highest BCUT2D eigenvalue weighted by Crippen LogP contribution is 2.39. The number of rotatable bonds is 7. The second-order valence-corrected chi connectivity index (χ2v) is 3.99. The van der Waals surface area contributed by atoms with Crippen LogP contribution in [0.5, 0.6) is 0 Å². The third kappa shape index (κ3) is 1.76. The molecule has 6 nitrogen and oxygen atoms in total. The van der Waals surface area contributed by atoms with Gasteiger partial charge in [0, 0.05) is 35.5 Å². The van der Waals surface area contributed by atoms with E-state index in [4.69, 9.17) is 0 Å². The lowest BCUT2D eigenvalue weighted by atomic mass is 9.70. The van der Waals surface area contributed by atoms with Gasteiger partial charge in [0.15, 0.2) is 0 Å². The average Bonchev–Trinajstić information content (AvgIpc) is 2.25. The van der Waals surface area contributed by atoms with Crippen molar-refractivity contribution in [3.05, 3.63) is 20.2 Å². The van der Waals surface area contributed by atoms with E-state index in [1.807, 2.05) is 0 Å². The van der Waals surface area contributed by atoms with E-state index in [2.05, 4.69) is 0 Å². The molecular formula is C10H20N2O4. The first-order valence-electron chi connectivity index (χ1n) is 5.67. The molecule has 0 rings (SSSR count). The quantitative estimate of drug-likeness (QED) is 0.498. The maximum atomic E-state index is 11.3. The Morgan fingerprint density at radius 1 is 0.750 bits per heavy atom. The minimum absolute atomic E-state index is 0.180. The molecule has 0 aromatic rings. The minimum atomic E-state index is -1.46. The van der Waals surface area contributed by atoms with Gasteiger partial charge in [0.05, 0.1) is 0 Å². The summed E-state index contributed by atoms with van der Waals surface area (Å²) in [5, 5.41) is 22.5. The van der Waals surface area contributed by atoms with Gasteiger partial charge in [0.25, 0.3) is 11.1 Å². The van der Waals surface area contributed by atoms with Crippen molar-refractivity contribution < 1.29 is 9.85 Å². The molecule has 0 unspecified atom stereocenters. The lowest BCUT2D eigenvalue weighted by molar-refractivity contribution is -0.688. The van der Waals surface area contributed by atoms with E-state index in [-0.39, 0.29) is 25.7 Å². The molecule has 6 heteroatoms. The molecule has 0 aliphatic heterocycles. The van der Waals surface area contributed by atoms with Crippen LogP contribution < -0.4 is 0 Å². The molecule has 16 heavy (non-hydrogen) atoms. The second-order valence-electron chi connectivity index (χ2n) is 3.99. The van der Waals surface area contributed by atoms with Crippen LogP contribution in [-0.4, -0.2) is 20.9 Å². The van der Waals surface area contributed by atoms with Crippen molar-refractivity contribution >= 4 is 0 Å². The zero-order valence-corrected chi connectivity index (χ0v) is 10.4. The van der Waals surface area contributed by atoms with Crippen molar-refractivity contribution in [2.45, 2.75) is 64.5 Å². The molecule has 0 N–H and O–H groups in total. The van der Waals surface area contributed by atoms with Gasteiger partial charge in [0.2, 0.25) is 0 Å². The fourth-order valence-corrected chi connectivity index (χ4v) is 2.67. The summed E-state index contributed by atoms with van der Waals surface area (Å²) in [5.41, 5.74) is -2.92. The molecule has 0 spiro atoms. The molecule has 0 amide bonds. The van der Waals surface area contributed by atoms with Gasteiger partial charge >= 0.3 is 0 Å². The van der Waals surface area contributed by atoms with E-state index in [9.17, 15) is 20.2 Å². The molecule has 0 aromatic heterocycles. The summed E-state index contributed by atoms with van der Waals surface area (Å²) < 4.78 is 0. The highest BCUT2D eigenvalue weighted by atomic mass is 16.6. The first-order chi connectivity index (χ1) is 7.38. The van der Waals surface area contributed by atoms with Crippen molar-refractivity contribution in [1.29, 1.82) is 0 Å². The smallest absolute Gasteiger partial charge is 0.264 e. The molecule has 0 fully saturated rings. The topological polar surface area (TPSA) is 86.3 Å². The highest BCUT2D eigenvalue weighted by Gasteiger charge is 2.66. The Kier molecular flexibility index (Phi) is 4.83. The van der Waals surface area contributed by atoms with E-state index >= 15 is 0 Å². The van der Waals surface area contributed by atoms with Crippen LogP contribution in [0, 0.1) is 20.2 Å². The summed E-state index contributed by atoms with van der Waals surface area (Å²) in [4.78, 5) is 21.6. The molecule has 94 valence electrons. The van der Waals surface area contributed by atoms with Crippen molar-refractivity contribution in [3.8, 4) is 0 Å². The average molecular weight is 232 g/mol. The number of hydrogen-bond acceptors (Lipinski definition) is 4. The first-order valence-corrected chi connectivity index (χ1v) is 5.67. The number of nitro groups is 2. The highest BCUT2D eigenvalue weighted by molar-refractivity contribution is 4.97. The van der Waals surface area contributed by atoms with Gasteiger partial charge in [-0.25, -0.2) is 0 Å². The van der Waals surface area contributed by atoms with Gasteiger partial charge < -0.3 is 0 Å². The van der Waals surface area contributed by atoms with Crippen LogP contribution in [0.25, 0.3) is 0 Å². The third-order valence-corrected chi connectivity index (χ3v) is 3.90. The molecule has 0 aliphatic rings. The molecule has 0 saturated heterocycles. The molecule has 0 saturated carbocycles. The van der Waals surface area contributed by atoms with E-state index in [1.54, 1.807) is 27.7 Å². The van der Waals surface area contributed by atoms with Crippen LogP contribution >= 0.6 is 0 Å². The van der Waals surface area contributed by atoms with Crippen LogP contribution in [0.15, 0.2) is 0 Å². The van der Waals surface area contributed by atoms with E-state index in [0.717, 1.165) is 0 Å². The molecule has 0 radical (unpaired) electrons. The SMILES string of the molecule is CCC(CC)([N+](=O)[O-])C(CC)(CC)[N+](=O)[O-]. The number of hydrogen-bond donors (Lipinski definition) is 0. The lowest BCUT2D eigenvalue weighted by Crippen LogP contribution is -2.62. The first kappa shape index (κ1) is 14.8. The van der Waals surface area contributed by atoms with Gasteiger partial charge in [0.1, 0.15) is 0 Å².